The fraction of sp³-hybridized carbons (Fsp3) is 0.800. The van der Waals surface area contributed by atoms with E-state index in [1.54, 1.807) is 0 Å². The van der Waals surface area contributed by atoms with Gasteiger partial charge in [0.1, 0.15) is 0 Å². The van der Waals surface area contributed by atoms with Gasteiger partial charge < -0.3 is 10.4 Å². The van der Waals surface area contributed by atoms with Gasteiger partial charge in [-0.05, 0) is 25.3 Å². The molecule has 0 radical (unpaired) electrons. The second kappa shape index (κ2) is 4.91. The maximum absolute atomic E-state index is 9.73. The van der Waals surface area contributed by atoms with Crippen molar-refractivity contribution in [3.63, 3.8) is 0 Å². The van der Waals surface area contributed by atoms with Crippen LogP contribution in [-0.4, -0.2) is 27.0 Å². The van der Waals surface area contributed by atoms with E-state index >= 15 is 0 Å². The molecule has 4 nitrogen and oxygen atoms in total. The topological polar surface area (TPSA) is 50.1 Å². The molecule has 19 heavy (non-hydrogen) atoms. The highest BCUT2D eigenvalue weighted by molar-refractivity contribution is 5.05. The molecule has 4 heteroatoms. The Labute approximate surface area is 115 Å². The average molecular weight is 263 g/mol. The lowest BCUT2D eigenvalue weighted by Gasteiger charge is -2.49. The van der Waals surface area contributed by atoms with Crippen molar-refractivity contribution in [1.82, 2.24) is 15.1 Å². The predicted octanol–water partition coefficient (Wildman–Crippen LogP) is 2.25. The third kappa shape index (κ3) is 2.43. The molecule has 106 valence electrons. The van der Waals surface area contributed by atoms with Crippen molar-refractivity contribution in [3.8, 4) is 0 Å². The number of aliphatic hydroxyl groups excluding tert-OH is 1. The maximum Gasteiger partial charge on any atom is 0.0762 e. The molecular formula is C15H25N3O. The lowest BCUT2D eigenvalue weighted by molar-refractivity contribution is -0.0730. The second-order valence-electron chi connectivity index (χ2n) is 6.73. The van der Waals surface area contributed by atoms with E-state index in [1.807, 2.05) is 0 Å². The summed E-state index contributed by atoms with van der Waals surface area (Å²) in [5.74, 6) is 0. The van der Waals surface area contributed by atoms with Crippen molar-refractivity contribution < 1.29 is 5.11 Å². The first-order chi connectivity index (χ1) is 9.07. The number of nitrogens with one attached hydrogen (secondary N) is 1. The van der Waals surface area contributed by atoms with Gasteiger partial charge in [0.25, 0.3) is 0 Å². The van der Waals surface area contributed by atoms with Crippen LogP contribution < -0.4 is 5.32 Å². The molecule has 0 amide bonds. The molecule has 3 rings (SSSR count). The quantitative estimate of drug-likeness (QED) is 0.876. The van der Waals surface area contributed by atoms with Crippen molar-refractivity contribution in [3.05, 3.63) is 18.0 Å². The van der Waals surface area contributed by atoms with E-state index in [4.69, 9.17) is 0 Å². The Hall–Kier alpha value is -0.870. The zero-order valence-corrected chi connectivity index (χ0v) is 12.0. The summed E-state index contributed by atoms with van der Waals surface area (Å²) in [6.07, 6.45) is 8.04. The van der Waals surface area contributed by atoms with Crippen LogP contribution >= 0.6 is 0 Å². The standard InChI is InChI=1S/C15H25N3O/c1-15(2)13(9-14(15)19)16-10-11-7-8-18(17-11)12-5-3-4-6-12/h7-8,12-14,16,19H,3-6,9-10H2,1-2H3. The Kier molecular flexibility index (Phi) is 3.39. The highest BCUT2D eigenvalue weighted by atomic mass is 16.3. The maximum atomic E-state index is 9.73. The van der Waals surface area contributed by atoms with E-state index in [9.17, 15) is 5.11 Å². The van der Waals surface area contributed by atoms with Crippen LogP contribution in [-0.2, 0) is 6.54 Å². The van der Waals surface area contributed by atoms with E-state index in [2.05, 4.69) is 41.2 Å². The van der Waals surface area contributed by atoms with Gasteiger partial charge in [0.2, 0.25) is 0 Å². The van der Waals surface area contributed by atoms with Crippen LogP contribution in [0.4, 0.5) is 0 Å². The zero-order valence-electron chi connectivity index (χ0n) is 12.0. The Morgan fingerprint density at radius 1 is 1.42 bits per heavy atom. The van der Waals surface area contributed by atoms with Gasteiger partial charge >= 0.3 is 0 Å². The summed E-state index contributed by atoms with van der Waals surface area (Å²) in [6.45, 7) is 5.05. The van der Waals surface area contributed by atoms with Crippen molar-refractivity contribution in [2.45, 2.75) is 70.7 Å². The Morgan fingerprint density at radius 2 is 2.16 bits per heavy atom. The normalized spacial score (nSPS) is 30.5. The van der Waals surface area contributed by atoms with Gasteiger partial charge in [0, 0.05) is 24.2 Å². The molecule has 1 aromatic rings. The SMILES string of the molecule is CC1(C)C(O)CC1NCc1ccn(C2CCCC2)n1. The lowest BCUT2D eigenvalue weighted by atomic mass is 9.64. The molecule has 0 saturated heterocycles. The number of hydrogen-bond donors (Lipinski definition) is 2. The minimum Gasteiger partial charge on any atom is -0.392 e. The molecule has 1 heterocycles. The molecule has 2 atom stereocenters. The highest BCUT2D eigenvalue weighted by Gasteiger charge is 2.46. The van der Waals surface area contributed by atoms with Crippen LogP contribution in [0.1, 0.15) is 57.7 Å². The van der Waals surface area contributed by atoms with E-state index < -0.39 is 0 Å². The van der Waals surface area contributed by atoms with Crippen LogP contribution in [0, 0.1) is 5.41 Å². The molecule has 2 aliphatic rings. The summed E-state index contributed by atoms with van der Waals surface area (Å²) in [5.41, 5.74) is 1.11. The molecule has 2 aliphatic carbocycles. The summed E-state index contributed by atoms with van der Waals surface area (Å²) < 4.78 is 2.14. The van der Waals surface area contributed by atoms with Crippen molar-refractivity contribution >= 4 is 0 Å². The van der Waals surface area contributed by atoms with E-state index in [1.165, 1.54) is 25.7 Å². The first kappa shape index (κ1) is 13.1. The third-order valence-electron chi connectivity index (χ3n) is 5.11. The Balaban J connectivity index is 1.53. The van der Waals surface area contributed by atoms with E-state index in [-0.39, 0.29) is 11.5 Å². The fourth-order valence-corrected chi connectivity index (χ4v) is 3.32. The molecule has 0 spiro atoms. The minimum atomic E-state index is -0.166. The van der Waals surface area contributed by atoms with Crippen molar-refractivity contribution in [2.75, 3.05) is 0 Å². The Bertz CT molecular complexity index is 434. The lowest BCUT2D eigenvalue weighted by Crippen LogP contribution is -2.59. The highest BCUT2D eigenvalue weighted by Crippen LogP contribution is 2.40. The number of aliphatic hydroxyl groups is 1. The van der Waals surface area contributed by atoms with E-state index in [0.29, 0.717) is 12.1 Å². The average Bonchev–Trinajstić information content (AvgIpc) is 3.04. The van der Waals surface area contributed by atoms with Crippen LogP contribution in [0.25, 0.3) is 0 Å². The smallest absolute Gasteiger partial charge is 0.0762 e. The molecule has 1 aromatic heterocycles. The second-order valence-corrected chi connectivity index (χ2v) is 6.73. The fourth-order valence-electron chi connectivity index (χ4n) is 3.32. The van der Waals surface area contributed by atoms with Crippen LogP contribution in [0.2, 0.25) is 0 Å². The summed E-state index contributed by atoms with van der Waals surface area (Å²) in [6, 6.07) is 3.14. The molecule has 2 saturated carbocycles. The van der Waals surface area contributed by atoms with Crippen LogP contribution in [0.3, 0.4) is 0 Å². The summed E-state index contributed by atoms with van der Waals surface area (Å²) in [4.78, 5) is 0. The Morgan fingerprint density at radius 3 is 2.79 bits per heavy atom. The first-order valence-corrected chi connectivity index (χ1v) is 7.53. The molecule has 0 aliphatic heterocycles. The molecule has 2 N–H and O–H groups in total. The summed E-state index contributed by atoms with van der Waals surface area (Å²) in [7, 11) is 0. The van der Waals surface area contributed by atoms with Crippen LogP contribution in [0.15, 0.2) is 12.3 Å². The summed E-state index contributed by atoms with van der Waals surface area (Å²) >= 11 is 0. The summed E-state index contributed by atoms with van der Waals surface area (Å²) in [5, 5.41) is 17.9. The van der Waals surface area contributed by atoms with Gasteiger partial charge in [-0.1, -0.05) is 26.7 Å². The molecule has 0 bridgehead atoms. The van der Waals surface area contributed by atoms with Gasteiger partial charge in [-0.25, -0.2) is 0 Å². The largest absolute Gasteiger partial charge is 0.392 e. The van der Waals surface area contributed by atoms with Crippen molar-refractivity contribution in [2.24, 2.45) is 5.41 Å². The number of hydrogen-bond acceptors (Lipinski definition) is 3. The number of nitrogens with zero attached hydrogens (tertiary/aromatic N) is 2. The molecular weight excluding hydrogens is 238 g/mol. The van der Waals surface area contributed by atoms with E-state index in [0.717, 1.165) is 18.7 Å². The van der Waals surface area contributed by atoms with Gasteiger partial charge in [-0.2, -0.15) is 5.10 Å². The van der Waals surface area contributed by atoms with Gasteiger partial charge in [0.15, 0.2) is 0 Å². The van der Waals surface area contributed by atoms with Gasteiger partial charge in [0.05, 0.1) is 17.8 Å². The third-order valence-corrected chi connectivity index (χ3v) is 5.11. The zero-order chi connectivity index (χ0) is 13.5. The van der Waals surface area contributed by atoms with Gasteiger partial charge in [-0.15, -0.1) is 0 Å². The number of rotatable bonds is 4. The molecule has 0 aromatic carbocycles. The minimum absolute atomic E-state index is 0.00593. The molecule has 2 unspecified atom stereocenters. The number of aromatic nitrogens is 2. The van der Waals surface area contributed by atoms with Crippen LogP contribution in [0.5, 0.6) is 0 Å². The first-order valence-electron chi connectivity index (χ1n) is 7.53. The van der Waals surface area contributed by atoms with Crippen molar-refractivity contribution in [1.29, 1.82) is 0 Å². The predicted molar refractivity (Wildman–Crippen MR) is 74.8 cm³/mol. The molecule has 2 fully saturated rings. The van der Waals surface area contributed by atoms with Gasteiger partial charge in [-0.3, -0.25) is 4.68 Å². The monoisotopic (exact) mass is 263 g/mol.